The van der Waals surface area contributed by atoms with Crippen LogP contribution in [0, 0.1) is 0 Å². The number of nitrogens with zero attached hydrogens (tertiary/aromatic N) is 2. The molecule has 3 aromatic rings. The summed E-state index contributed by atoms with van der Waals surface area (Å²) >= 11 is 0. The fraction of sp³-hybridized carbons (Fsp3) is 0.333. The van der Waals surface area contributed by atoms with Gasteiger partial charge in [0.15, 0.2) is 0 Å². The molecule has 0 unspecified atom stereocenters. The Labute approximate surface area is 131 Å². The van der Waals surface area contributed by atoms with E-state index < -0.39 is 0 Å². The van der Waals surface area contributed by atoms with E-state index in [0.717, 1.165) is 59.4 Å². The standard InChI is InChI=1S/C18H22N4/c1-3-19-11-15-9-7-13-5-6-14-8-10-16(12-20-4-2)22-18(14)17(13)21-15/h5-10,19-20H,3-4,11-12H2,1-2H3. The summed E-state index contributed by atoms with van der Waals surface area (Å²) in [6, 6.07) is 12.7. The molecular weight excluding hydrogens is 272 g/mol. The van der Waals surface area contributed by atoms with Gasteiger partial charge >= 0.3 is 0 Å². The van der Waals surface area contributed by atoms with Gasteiger partial charge < -0.3 is 10.6 Å². The third-order valence-corrected chi connectivity index (χ3v) is 3.75. The topological polar surface area (TPSA) is 49.8 Å². The SMILES string of the molecule is CCNCc1ccc2ccc3ccc(CNCC)nc3c2n1. The summed E-state index contributed by atoms with van der Waals surface area (Å²) < 4.78 is 0. The molecule has 3 rings (SSSR count). The van der Waals surface area contributed by atoms with Crippen LogP contribution in [-0.2, 0) is 13.1 Å². The van der Waals surface area contributed by atoms with Gasteiger partial charge in [0.05, 0.1) is 22.4 Å². The van der Waals surface area contributed by atoms with Crippen molar-refractivity contribution < 1.29 is 0 Å². The highest BCUT2D eigenvalue weighted by atomic mass is 14.9. The van der Waals surface area contributed by atoms with Crippen molar-refractivity contribution in [2.24, 2.45) is 0 Å². The van der Waals surface area contributed by atoms with E-state index >= 15 is 0 Å². The molecule has 0 aliphatic carbocycles. The van der Waals surface area contributed by atoms with Crippen LogP contribution in [0.3, 0.4) is 0 Å². The average molecular weight is 294 g/mol. The summed E-state index contributed by atoms with van der Waals surface area (Å²) in [4.78, 5) is 9.63. The maximum atomic E-state index is 4.82. The molecule has 0 atom stereocenters. The molecule has 1 aromatic carbocycles. The van der Waals surface area contributed by atoms with Crippen LogP contribution >= 0.6 is 0 Å². The fourth-order valence-corrected chi connectivity index (χ4v) is 2.55. The molecule has 0 spiro atoms. The first-order chi connectivity index (χ1) is 10.8. The second-order valence-corrected chi connectivity index (χ2v) is 5.37. The lowest BCUT2D eigenvalue weighted by Crippen LogP contribution is -2.13. The Morgan fingerprint density at radius 3 is 1.50 bits per heavy atom. The third kappa shape index (κ3) is 3.08. The largest absolute Gasteiger partial charge is 0.311 e. The van der Waals surface area contributed by atoms with E-state index in [1.807, 2.05) is 0 Å². The predicted octanol–water partition coefficient (Wildman–Crippen LogP) is 3.00. The van der Waals surface area contributed by atoms with Crippen molar-refractivity contribution in [3.63, 3.8) is 0 Å². The van der Waals surface area contributed by atoms with Gasteiger partial charge in [-0.3, -0.25) is 0 Å². The molecule has 0 aliphatic rings. The van der Waals surface area contributed by atoms with Gasteiger partial charge in [0, 0.05) is 23.9 Å². The van der Waals surface area contributed by atoms with E-state index in [4.69, 9.17) is 9.97 Å². The summed E-state index contributed by atoms with van der Waals surface area (Å²) in [5.41, 5.74) is 4.10. The molecule has 22 heavy (non-hydrogen) atoms. The van der Waals surface area contributed by atoms with Crippen LogP contribution in [0.2, 0.25) is 0 Å². The molecule has 2 N–H and O–H groups in total. The van der Waals surface area contributed by atoms with Gasteiger partial charge in [0.2, 0.25) is 0 Å². The van der Waals surface area contributed by atoms with Gasteiger partial charge in [0.1, 0.15) is 0 Å². The highest BCUT2D eigenvalue weighted by Gasteiger charge is 2.06. The molecule has 4 heteroatoms. The van der Waals surface area contributed by atoms with E-state index in [0.29, 0.717) is 0 Å². The number of pyridine rings is 2. The molecular formula is C18H22N4. The van der Waals surface area contributed by atoms with E-state index in [9.17, 15) is 0 Å². The number of fused-ring (bicyclic) bond motifs is 3. The number of benzene rings is 1. The number of hydrogen-bond donors (Lipinski definition) is 2. The van der Waals surface area contributed by atoms with Crippen LogP contribution in [0.4, 0.5) is 0 Å². The van der Waals surface area contributed by atoms with Crippen molar-refractivity contribution in [1.82, 2.24) is 20.6 Å². The van der Waals surface area contributed by atoms with Gasteiger partial charge in [-0.2, -0.15) is 0 Å². The summed E-state index contributed by atoms with van der Waals surface area (Å²) in [6.45, 7) is 7.68. The zero-order valence-corrected chi connectivity index (χ0v) is 13.2. The molecule has 0 saturated carbocycles. The first kappa shape index (κ1) is 14.9. The molecule has 0 saturated heterocycles. The van der Waals surface area contributed by atoms with Gasteiger partial charge in [-0.1, -0.05) is 38.1 Å². The minimum atomic E-state index is 0.792. The Hall–Kier alpha value is -2.04. The molecule has 4 nitrogen and oxygen atoms in total. The Balaban J connectivity index is 2.09. The minimum Gasteiger partial charge on any atom is -0.311 e. The molecule has 114 valence electrons. The normalized spacial score (nSPS) is 11.4. The quantitative estimate of drug-likeness (QED) is 0.686. The van der Waals surface area contributed by atoms with E-state index in [2.05, 4.69) is 60.9 Å². The second kappa shape index (κ2) is 6.81. The summed E-state index contributed by atoms with van der Waals surface area (Å²) in [5, 5.41) is 8.93. The van der Waals surface area contributed by atoms with Gasteiger partial charge in [-0.05, 0) is 25.2 Å². The summed E-state index contributed by atoms with van der Waals surface area (Å²) in [6.07, 6.45) is 0. The minimum absolute atomic E-state index is 0.792. The first-order valence-corrected chi connectivity index (χ1v) is 7.91. The Morgan fingerprint density at radius 1 is 0.682 bits per heavy atom. The van der Waals surface area contributed by atoms with E-state index in [1.54, 1.807) is 0 Å². The van der Waals surface area contributed by atoms with Crippen LogP contribution in [0.15, 0.2) is 36.4 Å². The van der Waals surface area contributed by atoms with Crippen molar-refractivity contribution in [1.29, 1.82) is 0 Å². The summed E-state index contributed by atoms with van der Waals surface area (Å²) in [5.74, 6) is 0. The third-order valence-electron chi connectivity index (χ3n) is 3.75. The zero-order valence-electron chi connectivity index (χ0n) is 13.2. The number of nitrogens with one attached hydrogen (secondary N) is 2. The monoisotopic (exact) mass is 294 g/mol. The molecule has 0 amide bonds. The van der Waals surface area contributed by atoms with E-state index in [1.165, 1.54) is 0 Å². The molecule has 0 bridgehead atoms. The van der Waals surface area contributed by atoms with Crippen molar-refractivity contribution in [2.75, 3.05) is 13.1 Å². The first-order valence-electron chi connectivity index (χ1n) is 7.91. The van der Waals surface area contributed by atoms with Crippen LogP contribution in [-0.4, -0.2) is 23.1 Å². The predicted molar refractivity (Wildman–Crippen MR) is 91.8 cm³/mol. The fourth-order valence-electron chi connectivity index (χ4n) is 2.55. The maximum absolute atomic E-state index is 4.82. The van der Waals surface area contributed by atoms with Crippen molar-refractivity contribution in [3.8, 4) is 0 Å². The molecule has 0 fully saturated rings. The van der Waals surface area contributed by atoms with Crippen LogP contribution in [0.1, 0.15) is 25.2 Å². The van der Waals surface area contributed by atoms with Crippen LogP contribution in [0.25, 0.3) is 21.8 Å². The molecule has 0 aliphatic heterocycles. The lowest BCUT2D eigenvalue weighted by Gasteiger charge is -2.08. The van der Waals surface area contributed by atoms with Gasteiger partial charge in [-0.25, -0.2) is 9.97 Å². The lowest BCUT2D eigenvalue weighted by atomic mass is 10.1. The Morgan fingerprint density at radius 2 is 1.09 bits per heavy atom. The number of hydrogen-bond acceptors (Lipinski definition) is 4. The Kier molecular flexibility index (Phi) is 4.61. The highest BCUT2D eigenvalue weighted by Crippen LogP contribution is 2.23. The van der Waals surface area contributed by atoms with Crippen molar-refractivity contribution in [3.05, 3.63) is 47.8 Å². The Bertz CT molecular complexity index is 716. The van der Waals surface area contributed by atoms with Crippen molar-refractivity contribution in [2.45, 2.75) is 26.9 Å². The smallest absolute Gasteiger partial charge is 0.0968 e. The average Bonchev–Trinajstić information content (AvgIpc) is 2.57. The molecule has 2 aromatic heterocycles. The van der Waals surface area contributed by atoms with Crippen LogP contribution in [0.5, 0.6) is 0 Å². The molecule has 2 heterocycles. The van der Waals surface area contributed by atoms with Crippen LogP contribution < -0.4 is 10.6 Å². The number of aromatic nitrogens is 2. The second-order valence-electron chi connectivity index (χ2n) is 5.37. The summed E-state index contributed by atoms with van der Waals surface area (Å²) in [7, 11) is 0. The number of rotatable bonds is 6. The zero-order chi connectivity index (χ0) is 15.4. The maximum Gasteiger partial charge on any atom is 0.0968 e. The van der Waals surface area contributed by atoms with Crippen molar-refractivity contribution >= 4 is 21.8 Å². The lowest BCUT2D eigenvalue weighted by molar-refractivity contribution is 0.712. The van der Waals surface area contributed by atoms with Gasteiger partial charge in [-0.15, -0.1) is 0 Å². The van der Waals surface area contributed by atoms with E-state index in [-0.39, 0.29) is 0 Å². The highest BCUT2D eigenvalue weighted by molar-refractivity contribution is 6.02. The molecule has 0 radical (unpaired) electrons. The van der Waals surface area contributed by atoms with Gasteiger partial charge in [0.25, 0.3) is 0 Å².